The molecule has 2 atom stereocenters. The molecule has 0 amide bonds. The maximum atomic E-state index is 12.9. The van der Waals surface area contributed by atoms with Crippen LogP contribution in [0.15, 0.2) is 41.1 Å². The lowest BCUT2D eigenvalue weighted by molar-refractivity contribution is 0.0407. The molecule has 2 aliphatic rings. The first-order valence-corrected chi connectivity index (χ1v) is 7.78. The van der Waals surface area contributed by atoms with Gasteiger partial charge >= 0.3 is 0 Å². The number of aliphatic imine (C=N–C) groups is 1. The molecule has 2 rings (SSSR count). The number of hydrogen-bond donors (Lipinski definition) is 1. The second-order valence-corrected chi connectivity index (χ2v) is 5.77. The second kappa shape index (κ2) is 8.98. The number of alkyl halides is 1. The van der Waals surface area contributed by atoms with Gasteiger partial charge in [-0.1, -0.05) is 24.3 Å². The van der Waals surface area contributed by atoms with E-state index >= 15 is 0 Å². The van der Waals surface area contributed by atoms with Gasteiger partial charge in [-0.05, 0) is 17.9 Å². The number of rotatable bonds is 6. The lowest BCUT2D eigenvalue weighted by atomic mass is 9.83. The molecular formula is C17H25FN2O2. The van der Waals surface area contributed by atoms with E-state index in [4.69, 9.17) is 4.74 Å². The van der Waals surface area contributed by atoms with Crippen molar-refractivity contribution >= 4 is 6.21 Å². The molecule has 5 heteroatoms. The zero-order valence-electron chi connectivity index (χ0n) is 13.0. The van der Waals surface area contributed by atoms with Gasteiger partial charge in [-0.3, -0.25) is 9.89 Å². The lowest BCUT2D eigenvalue weighted by Gasteiger charge is -2.32. The highest BCUT2D eigenvalue weighted by molar-refractivity contribution is 5.63. The van der Waals surface area contributed by atoms with Crippen molar-refractivity contribution in [3.8, 4) is 0 Å². The van der Waals surface area contributed by atoms with Crippen LogP contribution in [0.1, 0.15) is 6.42 Å². The van der Waals surface area contributed by atoms with Crippen molar-refractivity contribution in [2.75, 3.05) is 46.1 Å². The number of hydrogen-bond acceptors (Lipinski definition) is 4. The van der Waals surface area contributed by atoms with E-state index in [-0.39, 0.29) is 18.4 Å². The zero-order valence-corrected chi connectivity index (χ0v) is 13.0. The summed E-state index contributed by atoms with van der Waals surface area (Å²) in [5.74, 6) is 0.0772. The maximum Gasteiger partial charge on any atom is 0.114 e. The van der Waals surface area contributed by atoms with Crippen LogP contribution in [0.25, 0.3) is 0 Å². The quantitative estimate of drug-likeness (QED) is 0.763. The standard InChI is InChI=1S/C17H25FN2O2/c1-14(10-18)9-15(12-20-5-7-22-8-6-20)17-3-2-4-19-11-16(17)13-21/h2,4,9,11,16-17,21H,1,3,5-8,10,12-13H2/b15-9-. The Kier molecular flexibility index (Phi) is 6.96. The Balaban J connectivity index is 2.18. The predicted molar refractivity (Wildman–Crippen MR) is 86.8 cm³/mol. The first-order valence-electron chi connectivity index (χ1n) is 7.78. The van der Waals surface area contributed by atoms with Crippen LogP contribution in [0.5, 0.6) is 0 Å². The first-order chi connectivity index (χ1) is 10.7. The third kappa shape index (κ3) is 4.87. The fourth-order valence-corrected chi connectivity index (χ4v) is 2.90. The average Bonchev–Trinajstić information content (AvgIpc) is 2.80. The molecular weight excluding hydrogens is 283 g/mol. The van der Waals surface area contributed by atoms with Crippen LogP contribution in [0.4, 0.5) is 4.39 Å². The van der Waals surface area contributed by atoms with Crippen LogP contribution >= 0.6 is 0 Å². The molecule has 0 aromatic carbocycles. The Bertz CT molecular complexity index is 454. The van der Waals surface area contributed by atoms with E-state index in [9.17, 15) is 9.50 Å². The van der Waals surface area contributed by atoms with E-state index in [1.54, 1.807) is 12.4 Å². The summed E-state index contributed by atoms with van der Waals surface area (Å²) in [6, 6.07) is 0. The molecule has 1 N–H and O–H groups in total. The zero-order chi connectivity index (χ0) is 15.8. The summed E-state index contributed by atoms with van der Waals surface area (Å²) in [6.07, 6.45) is 8.21. The molecule has 0 bridgehead atoms. The molecule has 0 aromatic heterocycles. The normalized spacial score (nSPS) is 26.9. The van der Waals surface area contributed by atoms with E-state index in [2.05, 4.69) is 16.5 Å². The summed E-state index contributed by atoms with van der Waals surface area (Å²) in [5, 5.41) is 9.66. The van der Waals surface area contributed by atoms with Crippen LogP contribution in [0.3, 0.4) is 0 Å². The molecule has 2 heterocycles. The van der Waals surface area contributed by atoms with Crippen LogP contribution < -0.4 is 0 Å². The predicted octanol–water partition coefficient (Wildman–Crippen LogP) is 1.98. The Morgan fingerprint density at radius 1 is 1.45 bits per heavy atom. The average molecular weight is 308 g/mol. The molecule has 0 saturated carbocycles. The van der Waals surface area contributed by atoms with E-state index in [0.717, 1.165) is 44.8 Å². The SMILES string of the molecule is C=C(/C=C(/CN1CCOCC1)C1CC=CN=CC1CO)CF. The minimum absolute atomic E-state index is 0.0401. The van der Waals surface area contributed by atoms with Crippen molar-refractivity contribution in [3.05, 3.63) is 36.1 Å². The van der Waals surface area contributed by atoms with Gasteiger partial charge in [0.1, 0.15) is 6.67 Å². The number of aliphatic hydroxyl groups excluding tert-OH is 1. The highest BCUT2D eigenvalue weighted by Crippen LogP contribution is 2.28. The summed E-state index contributed by atoms with van der Waals surface area (Å²) in [6.45, 7) is 7.22. The van der Waals surface area contributed by atoms with Gasteiger partial charge in [0.15, 0.2) is 0 Å². The molecule has 122 valence electrons. The van der Waals surface area contributed by atoms with Crippen molar-refractivity contribution in [3.63, 3.8) is 0 Å². The molecule has 0 aliphatic carbocycles. The Morgan fingerprint density at radius 3 is 2.91 bits per heavy atom. The van der Waals surface area contributed by atoms with E-state index in [0.29, 0.717) is 5.57 Å². The second-order valence-electron chi connectivity index (χ2n) is 5.77. The van der Waals surface area contributed by atoms with Gasteiger partial charge in [-0.2, -0.15) is 0 Å². The van der Waals surface area contributed by atoms with Gasteiger partial charge in [-0.15, -0.1) is 0 Å². The van der Waals surface area contributed by atoms with E-state index < -0.39 is 6.67 Å². The molecule has 4 nitrogen and oxygen atoms in total. The number of aliphatic hydroxyl groups is 1. The minimum atomic E-state index is -0.549. The Hall–Kier alpha value is -1.30. The monoisotopic (exact) mass is 308 g/mol. The van der Waals surface area contributed by atoms with Gasteiger partial charge in [0.2, 0.25) is 0 Å². The van der Waals surface area contributed by atoms with E-state index in [1.807, 2.05) is 12.2 Å². The smallest absolute Gasteiger partial charge is 0.114 e. The molecule has 0 aromatic rings. The van der Waals surface area contributed by atoms with E-state index in [1.165, 1.54) is 0 Å². The Morgan fingerprint density at radius 2 is 2.23 bits per heavy atom. The van der Waals surface area contributed by atoms with Crippen LogP contribution in [0.2, 0.25) is 0 Å². The van der Waals surface area contributed by atoms with Crippen molar-refractivity contribution in [1.82, 2.24) is 4.90 Å². The van der Waals surface area contributed by atoms with Gasteiger partial charge in [0.25, 0.3) is 0 Å². The number of morpholine rings is 1. The first kappa shape index (κ1) is 17.1. The molecule has 2 aliphatic heterocycles. The number of nitrogens with zero attached hydrogens (tertiary/aromatic N) is 2. The van der Waals surface area contributed by atoms with Crippen molar-refractivity contribution in [2.45, 2.75) is 6.42 Å². The molecule has 0 radical (unpaired) electrons. The number of ether oxygens (including phenoxy) is 1. The molecule has 2 unspecified atom stereocenters. The van der Waals surface area contributed by atoms with Crippen LogP contribution in [-0.2, 0) is 4.74 Å². The van der Waals surface area contributed by atoms with Crippen molar-refractivity contribution in [1.29, 1.82) is 0 Å². The highest BCUT2D eigenvalue weighted by atomic mass is 19.1. The summed E-state index contributed by atoms with van der Waals surface area (Å²) >= 11 is 0. The summed E-state index contributed by atoms with van der Waals surface area (Å²) in [7, 11) is 0. The third-order valence-corrected chi connectivity index (χ3v) is 4.13. The van der Waals surface area contributed by atoms with Crippen LogP contribution in [0, 0.1) is 11.8 Å². The minimum Gasteiger partial charge on any atom is -0.396 e. The van der Waals surface area contributed by atoms with Gasteiger partial charge < -0.3 is 9.84 Å². The fourth-order valence-electron chi connectivity index (χ4n) is 2.90. The largest absolute Gasteiger partial charge is 0.396 e. The lowest BCUT2D eigenvalue weighted by Crippen LogP contribution is -2.39. The molecule has 1 saturated heterocycles. The van der Waals surface area contributed by atoms with Crippen molar-refractivity contribution < 1.29 is 14.2 Å². The molecule has 22 heavy (non-hydrogen) atoms. The Labute approximate surface area is 131 Å². The maximum absolute atomic E-state index is 12.9. The third-order valence-electron chi connectivity index (χ3n) is 4.13. The number of halogens is 1. The molecule has 0 spiro atoms. The fraction of sp³-hybridized carbons (Fsp3) is 0.588. The summed E-state index contributed by atoms with van der Waals surface area (Å²) < 4.78 is 18.3. The topological polar surface area (TPSA) is 45.1 Å². The van der Waals surface area contributed by atoms with Crippen molar-refractivity contribution in [2.24, 2.45) is 16.8 Å². The summed E-state index contributed by atoms with van der Waals surface area (Å²) in [5.41, 5.74) is 1.59. The summed E-state index contributed by atoms with van der Waals surface area (Å²) in [4.78, 5) is 6.49. The molecule has 1 fully saturated rings. The van der Waals surface area contributed by atoms with Gasteiger partial charge in [-0.25, -0.2) is 4.39 Å². The highest BCUT2D eigenvalue weighted by Gasteiger charge is 2.25. The van der Waals surface area contributed by atoms with Gasteiger partial charge in [0, 0.05) is 38.0 Å². The van der Waals surface area contributed by atoms with Gasteiger partial charge in [0.05, 0.1) is 19.8 Å². The number of allylic oxidation sites excluding steroid dienone is 3. The van der Waals surface area contributed by atoms with Crippen LogP contribution in [-0.4, -0.2) is 62.4 Å².